The molecule has 1 N–H and O–H groups in total. The van der Waals surface area contributed by atoms with Gasteiger partial charge in [-0.1, -0.05) is 30.5 Å². The molecule has 36 heavy (non-hydrogen) atoms. The van der Waals surface area contributed by atoms with Crippen molar-refractivity contribution in [2.45, 2.75) is 55.8 Å². The third-order valence-corrected chi connectivity index (χ3v) is 8.13. The number of aromatic nitrogens is 3. The van der Waals surface area contributed by atoms with Crippen LogP contribution in [-0.4, -0.2) is 39.0 Å². The molecule has 8 nitrogen and oxygen atoms in total. The first-order chi connectivity index (χ1) is 17.5. The summed E-state index contributed by atoms with van der Waals surface area (Å²) in [6, 6.07) is 9.17. The Morgan fingerprint density at radius 1 is 1.19 bits per heavy atom. The average Bonchev–Trinajstić information content (AvgIpc) is 3.59. The molecule has 188 valence electrons. The van der Waals surface area contributed by atoms with Crippen molar-refractivity contribution in [3.63, 3.8) is 0 Å². The van der Waals surface area contributed by atoms with E-state index in [0.717, 1.165) is 43.0 Å². The molecule has 1 fully saturated rings. The third-order valence-electron chi connectivity index (χ3n) is 6.89. The van der Waals surface area contributed by atoms with E-state index in [1.54, 1.807) is 31.6 Å². The molecule has 0 spiro atoms. The van der Waals surface area contributed by atoms with Gasteiger partial charge in [0.15, 0.2) is 0 Å². The first kappa shape index (κ1) is 24.6. The van der Waals surface area contributed by atoms with Crippen LogP contribution in [0.5, 0.6) is 5.75 Å². The van der Waals surface area contributed by atoms with Crippen molar-refractivity contribution in [1.29, 1.82) is 0 Å². The second-order valence-corrected chi connectivity index (χ2v) is 10.4. The molecule has 1 saturated carbocycles. The summed E-state index contributed by atoms with van der Waals surface area (Å²) in [4.78, 5) is 17.3. The highest BCUT2D eigenvalue weighted by Gasteiger charge is 2.48. The van der Waals surface area contributed by atoms with Crippen LogP contribution in [0.2, 0.25) is 5.02 Å². The number of pyridine rings is 1. The van der Waals surface area contributed by atoms with Gasteiger partial charge in [0.05, 0.1) is 12.1 Å². The van der Waals surface area contributed by atoms with E-state index in [0.29, 0.717) is 35.1 Å². The molecule has 2 aromatic heterocycles. The van der Waals surface area contributed by atoms with Crippen molar-refractivity contribution >= 4 is 29.3 Å². The Labute approximate surface area is 218 Å². The molecular formula is C26H26ClN3O5S. The topological polar surface area (TPSA) is 108 Å². The first-order valence-corrected chi connectivity index (χ1v) is 13.1. The zero-order valence-corrected chi connectivity index (χ0v) is 21.3. The van der Waals surface area contributed by atoms with Crippen LogP contribution in [0.15, 0.2) is 63.0 Å². The van der Waals surface area contributed by atoms with Gasteiger partial charge in [-0.25, -0.2) is 4.79 Å². The van der Waals surface area contributed by atoms with Gasteiger partial charge in [-0.2, -0.15) is 0 Å². The summed E-state index contributed by atoms with van der Waals surface area (Å²) in [5, 5.41) is 19.8. The molecule has 10 heteroatoms. The third kappa shape index (κ3) is 5.08. The Kier molecular flexibility index (Phi) is 7.20. The summed E-state index contributed by atoms with van der Waals surface area (Å²) < 4.78 is 17.1. The van der Waals surface area contributed by atoms with Gasteiger partial charge >= 0.3 is 5.97 Å². The van der Waals surface area contributed by atoms with Gasteiger partial charge in [0, 0.05) is 24.4 Å². The maximum Gasteiger partial charge on any atom is 0.349 e. The number of methoxy groups -OCH3 is 1. The number of hydrogen-bond donors (Lipinski definition) is 1. The molecule has 3 aromatic rings. The van der Waals surface area contributed by atoms with Crippen LogP contribution in [-0.2, 0) is 16.0 Å². The van der Waals surface area contributed by atoms with Crippen LogP contribution in [0.25, 0.3) is 11.5 Å². The quantitative estimate of drug-likeness (QED) is 0.344. The van der Waals surface area contributed by atoms with Gasteiger partial charge in [0.25, 0.3) is 5.22 Å². The van der Waals surface area contributed by atoms with Gasteiger partial charge < -0.3 is 19.0 Å². The number of cyclic esters (lactones) is 1. The first-order valence-electron chi connectivity index (χ1n) is 11.9. The zero-order chi connectivity index (χ0) is 25.1. The van der Waals surface area contributed by atoms with E-state index in [-0.39, 0.29) is 28.2 Å². The number of aryl methyl sites for hydroxylation is 1. The summed E-state index contributed by atoms with van der Waals surface area (Å²) >= 11 is 7.24. The molecule has 0 saturated heterocycles. The lowest BCUT2D eigenvalue weighted by Crippen LogP contribution is -2.45. The molecule has 1 aliphatic heterocycles. The Hall–Kier alpha value is -3.04. The van der Waals surface area contributed by atoms with Gasteiger partial charge in [-0.05, 0) is 73.2 Å². The number of halogens is 1. The number of benzene rings is 1. The predicted octanol–water partition coefficient (Wildman–Crippen LogP) is 6.16. The maximum absolute atomic E-state index is 13.2. The number of carbonyl (C=O) groups excluding carboxylic acids is 1. The standard InChI is InChI=1S/C26H26ClN3O5S/c1-33-21-7-6-16(14-19(21)27)8-11-26(18-4-2-3-5-18)15-20(31)22(24(32)35-26)36-25-30-29-23(34-25)17-9-12-28-13-10-17/h6-7,9-10,12-14,18,31H,2-5,8,11,15H2,1H3. The van der Waals surface area contributed by atoms with E-state index in [9.17, 15) is 9.90 Å². The largest absolute Gasteiger partial charge is 0.511 e. The van der Waals surface area contributed by atoms with Gasteiger partial charge in [-0.15, -0.1) is 10.2 Å². The minimum atomic E-state index is -0.773. The number of aliphatic hydroxyl groups excluding tert-OH is 1. The molecule has 0 radical (unpaired) electrons. The molecule has 1 aromatic carbocycles. The van der Waals surface area contributed by atoms with E-state index in [1.807, 2.05) is 18.2 Å². The molecule has 3 heterocycles. The molecule has 1 unspecified atom stereocenters. The molecular weight excluding hydrogens is 502 g/mol. The van der Waals surface area contributed by atoms with E-state index in [1.165, 1.54) is 0 Å². The average molecular weight is 528 g/mol. The highest BCUT2D eigenvalue weighted by Crippen LogP contribution is 2.48. The van der Waals surface area contributed by atoms with Crippen molar-refractivity contribution in [3.05, 3.63) is 64.0 Å². The van der Waals surface area contributed by atoms with Crippen LogP contribution in [0, 0.1) is 5.92 Å². The number of rotatable bonds is 8. The molecule has 1 atom stereocenters. The number of hydrogen-bond acceptors (Lipinski definition) is 9. The fourth-order valence-electron chi connectivity index (χ4n) is 5.04. The summed E-state index contributed by atoms with van der Waals surface area (Å²) in [6.45, 7) is 0. The van der Waals surface area contributed by atoms with E-state index in [2.05, 4.69) is 15.2 Å². The lowest BCUT2D eigenvalue weighted by Gasteiger charge is -2.41. The second-order valence-electron chi connectivity index (χ2n) is 9.07. The highest BCUT2D eigenvalue weighted by molar-refractivity contribution is 8.03. The van der Waals surface area contributed by atoms with Gasteiger partial charge in [0.2, 0.25) is 5.89 Å². The van der Waals surface area contributed by atoms with Crippen molar-refractivity contribution in [3.8, 4) is 17.2 Å². The molecule has 0 amide bonds. The maximum atomic E-state index is 13.2. The highest BCUT2D eigenvalue weighted by atomic mass is 35.5. The minimum Gasteiger partial charge on any atom is -0.511 e. The van der Waals surface area contributed by atoms with Crippen molar-refractivity contribution < 1.29 is 23.8 Å². The van der Waals surface area contributed by atoms with Crippen LogP contribution < -0.4 is 4.74 Å². The van der Waals surface area contributed by atoms with E-state index < -0.39 is 11.6 Å². The second kappa shape index (κ2) is 10.5. The molecule has 0 bridgehead atoms. The Bertz CT molecular complexity index is 1280. The van der Waals surface area contributed by atoms with E-state index >= 15 is 0 Å². The molecule has 2 aliphatic rings. The van der Waals surface area contributed by atoms with Crippen LogP contribution in [0.1, 0.15) is 44.1 Å². The van der Waals surface area contributed by atoms with Crippen molar-refractivity contribution in [2.75, 3.05) is 7.11 Å². The molecule has 1 aliphatic carbocycles. The lowest BCUT2D eigenvalue weighted by atomic mass is 9.77. The fourth-order valence-corrected chi connectivity index (χ4v) is 6.02. The van der Waals surface area contributed by atoms with E-state index in [4.69, 9.17) is 25.5 Å². The smallest absolute Gasteiger partial charge is 0.349 e. The summed E-state index contributed by atoms with van der Waals surface area (Å²) in [6.07, 6.45) is 8.85. The van der Waals surface area contributed by atoms with Crippen molar-refractivity contribution in [1.82, 2.24) is 15.2 Å². The number of nitrogens with zero attached hydrogens (tertiary/aromatic N) is 3. The number of esters is 1. The number of aliphatic hydroxyl groups is 1. The number of carbonyl (C=O) groups is 1. The van der Waals surface area contributed by atoms with Crippen LogP contribution in [0.3, 0.4) is 0 Å². The summed E-state index contributed by atoms with van der Waals surface area (Å²) in [5.41, 5.74) is 0.963. The number of thioether (sulfide) groups is 1. The normalized spacial score (nSPS) is 20.6. The fraction of sp³-hybridized carbons (Fsp3) is 0.385. The Balaban J connectivity index is 1.36. The predicted molar refractivity (Wildman–Crippen MR) is 135 cm³/mol. The molecule has 5 rings (SSSR count). The van der Waals surface area contributed by atoms with Gasteiger partial charge in [-0.3, -0.25) is 4.98 Å². The van der Waals surface area contributed by atoms with Crippen LogP contribution in [0.4, 0.5) is 0 Å². The Morgan fingerprint density at radius 3 is 2.67 bits per heavy atom. The zero-order valence-electron chi connectivity index (χ0n) is 19.8. The Morgan fingerprint density at radius 2 is 1.97 bits per heavy atom. The number of ether oxygens (including phenoxy) is 2. The minimum absolute atomic E-state index is 0.000394. The monoisotopic (exact) mass is 527 g/mol. The summed E-state index contributed by atoms with van der Waals surface area (Å²) in [5.74, 6) is 0.546. The SMILES string of the molecule is COc1ccc(CCC2(C3CCCC3)CC(O)=C(Sc3nnc(-c4ccncc4)o3)C(=O)O2)cc1Cl. The van der Waals surface area contributed by atoms with Crippen LogP contribution >= 0.6 is 23.4 Å². The lowest BCUT2D eigenvalue weighted by molar-refractivity contribution is -0.166. The van der Waals surface area contributed by atoms with Crippen molar-refractivity contribution in [2.24, 2.45) is 5.92 Å². The van der Waals surface area contributed by atoms with Gasteiger partial charge in [0.1, 0.15) is 22.0 Å². The summed E-state index contributed by atoms with van der Waals surface area (Å²) in [7, 11) is 1.58.